The fourth-order valence-corrected chi connectivity index (χ4v) is 2.84. The van der Waals surface area contributed by atoms with E-state index in [1.54, 1.807) is 12.1 Å². The molecule has 0 aliphatic carbocycles. The Hall–Kier alpha value is -1.09. The average molecular weight is 264 g/mol. The summed E-state index contributed by atoms with van der Waals surface area (Å²) in [5, 5.41) is 3.12. The van der Waals surface area contributed by atoms with Gasteiger partial charge in [-0.1, -0.05) is 20.3 Å². The SMILES string of the molecule is CCC1(C)CCN(c2ccc(F)cc2CNC)CC1. The highest BCUT2D eigenvalue weighted by atomic mass is 19.1. The van der Waals surface area contributed by atoms with Crippen molar-refractivity contribution in [2.24, 2.45) is 5.41 Å². The molecular weight excluding hydrogens is 239 g/mol. The molecule has 3 heteroatoms. The molecule has 1 aliphatic heterocycles. The smallest absolute Gasteiger partial charge is 0.123 e. The molecule has 1 aromatic carbocycles. The van der Waals surface area contributed by atoms with Crippen LogP contribution in [0.2, 0.25) is 0 Å². The number of halogens is 1. The summed E-state index contributed by atoms with van der Waals surface area (Å²) in [6, 6.07) is 5.15. The van der Waals surface area contributed by atoms with E-state index in [0.29, 0.717) is 12.0 Å². The number of hydrogen-bond donors (Lipinski definition) is 1. The van der Waals surface area contributed by atoms with Crippen LogP contribution in [0.5, 0.6) is 0 Å². The summed E-state index contributed by atoms with van der Waals surface area (Å²) in [5.74, 6) is -0.149. The molecule has 19 heavy (non-hydrogen) atoms. The maximum Gasteiger partial charge on any atom is 0.123 e. The molecule has 1 aliphatic rings. The second-order valence-corrected chi connectivity index (χ2v) is 5.95. The largest absolute Gasteiger partial charge is 0.371 e. The van der Waals surface area contributed by atoms with E-state index < -0.39 is 0 Å². The first kappa shape index (κ1) is 14.3. The van der Waals surface area contributed by atoms with Gasteiger partial charge in [-0.3, -0.25) is 0 Å². The molecule has 0 aromatic heterocycles. The Balaban J connectivity index is 2.15. The van der Waals surface area contributed by atoms with E-state index in [9.17, 15) is 4.39 Å². The second kappa shape index (κ2) is 5.91. The van der Waals surface area contributed by atoms with Crippen LogP contribution in [-0.4, -0.2) is 20.1 Å². The lowest BCUT2D eigenvalue weighted by Crippen LogP contribution is -2.39. The lowest BCUT2D eigenvalue weighted by Gasteiger charge is -2.40. The van der Waals surface area contributed by atoms with Gasteiger partial charge in [0.15, 0.2) is 0 Å². The Morgan fingerprint density at radius 3 is 2.58 bits per heavy atom. The molecule has 0 atom stereocenters. The number of hydrogen-bond acceptors (Lipinski definition) is 2. The second-order valence-electron chi connectivity index (χ2n) is 5.95. The van der Waals surface area contributed by atoms with Crippen LogP contribution in [0, 0.1) is 11.2 Å². The van der Waals surface area contributed by atoms with Crippen molar-refractivity contribution in [1.82, 2.24) is 5.32 Å². The van der Waals surface area contributed by atoms with Gasteiger partial charge < -0.3 is 10.2 Å². The van der Waals surface area contributed by atoms with E-state index in [0.717, 1.165) is 18.7 Å². The molecule has 0 radical (unpaired) electrons. The van der Waals surface area contributed by atoms with E-state index in [2.05, 4.69) is 24.1 Å². The molecule has 0 amide bonds. The molecule has 0 saturated carbocycles. The van der Waals surface area contributed by atoms with Crippen molar-refractivity contribution in [3.63, 3.8) is 0 Å². The minimum atomic E-state index is -0.149. The molecule has 0 unspecified atom stereocenters. The van der Waals surface area contributed by atoms with E-state index in [1.807, 2.05) is 13.1 Å². The highest BCUT2D eigenvalue weighted by Gasteiger charge is 2.28. The first-order valence-corrected chi connectivity index (χ1v) is 7.26. The molecule has 1 saturated heterocycles. The van der Waals surface area contributed by atoms with Crippen molar-refractivity contribution in [3.05, 3.63) is 29.6 Å². The van der Waals surface area contributed by atoms with Crippen molar-refractivity contribution >= 4 is 5.69 Å². The van der Waals surface area contributed by atoms with Gasteiger partial charge in [0.1, 0.15) is 5.82 Å². The molecule has 1 heterocycles. The predicted molar refractivity (Wildman–Crippen MR) is 79.0 cm³/mol. The normalized spacial score (nSPS) is 18.6. The van der Waals surface area contributed by atoms with Gasteiger partial charge in [0, 0.05) is 25.3 Å². The van der Waals surface area contributed by atoms with E-state index in [4.69, 9.17) is 0 Å². The third kappa shape index (κ3) is 3.27. The average Bonchev–Trinajstić information content (AvgIpc) is 2.41. The van der Waals surface area contributed by atoms with Crippen LogP contribution in [0.4, 0.5) is 10.1 Å². The fourth-order valence-electron chi connectivity index (χ4n) is 2.84. The zero-order chi connectivity index (χ0) is 13.9. The molecular formula is C16H25FN2. The summed E-state index contributed by atoms with van der Waals surface area (Å²) in [7, 11) is 1.90. The van der Waals surface area contributed by atoms with Crippen LogP contribution in [0.1, 0.15) is 38.7 Å². The number of benzene rings is 1. The van der Waals surface area contributed by atoms with Gasteiger partial charge in [0.2, 0.25) is 0 Å². The highest BCUT2D eigenvalue weighted by molar-refractivity contribution is 5.54. The number of rotatable bonds is 4. The monoisotopic (exact) mass is 264 g/mol. The molecule has 2 rings (SSSR count). The zero-order valence-corrected chi connectivity index (χ0v) is 12.3. The Bertz CT molecular complexity index is 423. The molecule has 0 spiro atoms. The Kier molecular flexibility index (Phi) is 4.46. The van der Waals surface area contributed by atoms with Gasteiger partial charge in [-0.15, -0.1) is 0 Å². The van der Waals surface area contributed by atoms with E-state index in [1.165, 1.54) is 24.9 Å². The summed E-state index contributed by atoms with van der Waals surface area (Å²) in [5.41, 5.74) is 2.73. The van der Waals surface area contributed by atoms with Gasteiger partial charge in [-0.05, 0) is 49.1 Å². The van der Waals surface area contributed by atoms with Gasteiger partial charge in [0.05, 0.1) is 0 Å². The molecule has 2 nitrogen and oxygen atoms in total. The van der Waals surface area contributed by atoms with Gasteiger partial charge in [-0.25, -0.2) is 4.39 Å². The zero-order valence-electron chi connectivity index (χ0n) is 12.3. The summed E-state index contributed by atoms with van der Waals surface area (Å²) >= 11 is 0. The molecule has 0 bridgehead atoms. The van der Waals surface area contributed by atoms with Crippen LogP contribution in [0.25, 0.3) is 0 Å². The van der Waals surface area contributed by atoms with Crippen LogP contribution < -0.4 is 10.2 Å². The van der Waals surface area contributed by atoms with Crippen molar-refractivity contribution in [2.75, 3.05) is 25.0 Å². The van der Waals surface area contributed by atoms with Crippen molar-refractivity contribution < 1.29 is 4.39 Å². The quantitative estimate of drug-likeness (QED) is 0.894. The summed E-state index contributed by atoms with van der Waals surface area (Å²) in [6.07, 6.45) is 3.69. The molecule has 1 N–H and O–H groups in total. The Labute approximate surface area is 116 Å². The number of piperidine rings is 1. The Morgan fingerprint density at radius 1 is 1.32 bits per heavy atom. The van der Waals surface area contributed by atoms with Crippen LogP contribution in [-0.2, 0) is 6.54 Å². The lowest BCUT2D eigenvalue weighted by molar-refractivity contribution is 0.238. The standard InChI is InChI=1S/C16H25FN2/c1-4-16(2)7-9-19(10-8-16)15-6-5-14(17)11-13(15)12-18-3/h5-6,11,18H,4,7-10,12H2,1-3H3. The van der Waals surface area contributed by atoms with Crippen molar-refractivity contribution in [2.45, 2.75) is 39.7 Å². The van der Waals surface area contributed by atoms with Gasteiger partial charge in [0.25, 0.3) is 0 Å². The summed E-state index contributed by atoms with van der Waals surface area (Å²) < 4.78 is 13.4. The van der Waals surface area contributed by atoms with Crippen LogP contribution >= 0.6 is 0 Å². The number of anilines is 1. The third-order valence-electron chi connectivity index (χ3n) is 4.57. The van der Waals surface area contributed by atoms with Crippen molar-refractivity contribution in [1.29, 1.82) is 0 Å². The minimum absolute atomic E-state index is 0.149. The van der Waals surface area contributed by atoms with Gasteiger partial charge >= 0.3 is 0 Å². The van der Waals surface area contributed by atoms with Crippen LogP contribution in [0.15, 0.2) is 18.2 Å². The van der Waals surface area contributed by atoms with Gasteiger partial charge in [-0.2, -0.15) is 0 Å². The first-order valence-electron chi connectivity index (χ1n) is 7.26. The number of nitrogens with one attached hydrogen (secondary N) is 1. The topological polar surface area (TPSA) is 15.3 Å². The predicted octanol–water partition coefficient (Wildman–Crippen LogP) is 3.56. The lowest BCUT2D eigenvalue weighted by atomic mass is 9.78. The summed E-state index contributed by atoms with van der Waals surface area (Å²) in [4.78, 5) is 2.41. The third-order valence-corrected chi connectivity index (χ3v) is 4.57. The van der Waals surface area contributed by atoms with Crippen LogP contribution in [0.3, 0.4) is 0 Å². The van der Waals surface area contributed by atoms with Crippen molar-refractivity contribution in [3.8, 4) is 0 Å². The molecule has 1 fully saturated rings. The number of nitrogens with zero attached hydrogens (tertiary/aromatic N) is 1. The minimum Gasteiger partial charge on any atom is -0.371 e. The fraction of sp³-hybridized carbons (Fsp3) is 0.625. The first-order chi connectivity index (χ1) is 9.08. The van der Waals surface area contributed by atoms with E-state index in [-0.39, 0.29) is 5.82 Å². The Morgan fingerprint density at radius 2 is 2.00 bits per heavy atom. The summed E-state index contributed by atoms with van der Waals surface area (Å²) in [6.45, 7) is 7.53. The maximum atomic E-state index is 13.4. The van der Waals surface area contributed by atoms with E-state index >= 15 is 0 Å². The highest BCUT2D eigenvalue weighted by Crippen LogP contribution is 2.36. The molecule has 106 valence electrons. The molecule has 1 aromatic rings. The maximum absolute atomic E-state index is 13.4.